The number of hydrogen-bond acceptors (Lipinski definition) is 3. The molecule has 1 amide bonds. The molecule has 19 heavy (non-hydrogen) atoms. The molecule has 0 fully saturated rings. The Morgan fingerprint density at radius 1 is 1.37 bits per heavy atom. The molecular formula is C14H21ClN2O2. The minimum atomic E-state index is -0.196. The van der Waals surface area contributed by atoms with Crippen LogP contribution in [0.1, 0.15) is 12.5 Å². The van der Waals surface area contributed by atoms with Gasteiger partial charge in [0, 0.05) is 31.2 Å². The highest BCUT2D eigenvalue weighted by Crippen LogP contribution is 2.24. The van der Waals surface area contributed by atoms with Crippen LogP contribution in [0.25, 0.3) is 0 Å². The molecule has 0 radical (unpaired) electrons. The number of benzene rings is 1. The van der Waals surface area contributed by atoms with Gasteiger partial charge in [0.1, 0.15) is 5.75 Å². The van der Waals surface area contributed by atoms with E-state index in [0.29, 0.717) is 11.6 Å². The van der Waals surface area contributed by atoms with Crippen LogP contribution in [0.15, 0.2) is 18.2 Å². The average Bonchev–Trinajstić information content (AvgIpc) is 2.37. The lowest BCUT2D eigenvalue weighted by atomic mass is 10.1. The second-order valence-electron chi connectivity index (χ2n) is 4.78. The SMILES string of the molecule is COc1ccc(Cl)cc1CN(C)C(C)C(=O)N(C)C. The van der Waals surface area contributed by atoms with Crippen LogP contribution in [0.4, 0.5) is 0 Å². The van der Waals surface area contributed by atoms with Gasteiger partial charge in [-0.3, -0.25) is 9.69 Å². The summed E-state index contributed by atoms with van der Waals surface area (Å²) < 4.78 is 5.31. The number of ether oxygens (including phenoxy) is 1. The molecule has 0 aliphatic heterocycles. The fourth-order valence-electron chi connectivity index (χ4n) is 1.84. The largest absolute Gasteiger partial charge is 0.496 e. The van der Waals surface area contributed by atoms with Crippen molar-refractivity contribution in [2.75, 3.05) is 28.3 Å². The first-order valence-corrected chi connectivity index (χ1v) is 6.48. The van der Waals surface area contributed by atoms with Crippen LogP contribution in [0.5, 0.6) is 5.75 Å². The first-order chi connectivity index (χ1) is 8.86. The van der Waals surface area contributed by atoms with Crippen molar-refractivity contribution < 1.29 is 9.53 Å². The summed E-state index contributed by atoms with van der Waals surface area (Å²) in [6.07, 6.45) is 0. The Balaban J connectivity index is 2.84. The van der Waals surface area contributed by atoms with Gasteiger partial charge in [-0.25, -0.2) is 0 Å². The number of likely N-dealkylation sites (N-methyl/N-ethyl adjacent to an activating group) is 2. The van der Waals surface area contributed by atoms with Crippen LogP contribution in [-0.2, 0) is 11.3 Å². The normalized spacial score (nSPS) is 12.4. The Kier molecular flexibility index (Phi) is 5.63. The summed E-state index contributed by atoms with van der Waals surface area (Å²) >= 11 is 6.00. The molecule has 0 bridgehead atoms. The number of halogens is 1. The quantitative estimate of drug-likeness (QED) is 0.831. The second-order valence-corrected chi connectivity index (χ2v) is 5.22. The number of nitrogens with zero attached hydrogens (tertiary/aromatic N) is 2. The Morgan fingerprint density at radius 2 is 2.00 bits per heavy atom. The third-order valence-corrected chi connectivity index (χ3v) is 3.36. The van der Waals surface area contributed by atoms with Gasteiger partial charge >= 0.3 is 0 Å². The number of rotatable bonds is 5. The van der Waals surface area contributed by atoms with E-state index in [9.17, 15) is 4.79 Å². The summed E-state index contributed by atoms with van der Waals surface area (Å²) in [6.45, 7) is 2.49. The van der Waals surface area contributed by atoms with Crippen molar-refractivity contribution >= 4 is 17.5 Å². The standard InChI is InChI=1S/C14H21ClN2O2/c1-10(14(18)16(2)3)17(4)9-11-8-12(15)6-7-13(11)19-5/h6-8,10H,9H2,1-5H3. The molecule has 0 saturated heterocycles. The van der Waals surface area contributed by atoms with Gasteiger partial charge in [-0.15, -0.1) is 0 Å². The maximum absolute atomic E-state index is 11.9. The summed E-state index contributed by atoms with van der Waals surface area (Å²) in [4.78, 5) is 15.5. The van der Waals surface area contributed by atoms with Gasteiger partial charge in [0.15, 0.2) is 0 Å². The van der Waals surface area contributed by atoms with Gasteiger partial charge in [0.25, 0.3) is 0 Å². The minimum Gasteiger partial charge on any atom is -0.496 e. The molecule has 0 saturated carbocycles. The van der Waals surface area contributed by atoms with Crippen molar-refractivity contribution in [3.05, 3.63) is 28.8 Å². The lowest BCUT2D eigenvalue weighted by Gasteiger charge is -2.26. The molecule has 1 aromatic rings. The molecule has 106 valence electrons. The van der Waals surface area contributed by atoms with Gasteiger partial charge < -0.3 is 9.64 Å². The van der Waals surface area contributed by atoms with E-state index in [1.807, 2.05) is 31.0 Å². The number of hydrogen-bond donors (Lipinski definition) is 0. The van der Waals surface area contributed by atoms with E-state index in [1.165, 1.54) is 0 Å². The Labute approximate surface area is 119 Å². The molecule has 0 N–H and O–H groups in total. The smallest absolute Gasteiger partial charge is 0.239 e. The number of methoxy groups -OCH3 is 1. The van der Waals surface area contributed by atoms with Gasteiger partial charge in [0.2, 0.25) is 5.91 Å². The third kappa shape index (κ3) is 4.11. The Hall–Kier alpha value is -1.26. The van der Waals surface area contributed by atoms with Crippen molar-refractivity contribution in [3.8, 4) is 5.75 Å². The predicted molar refractivity (Wildman–Crippen MR) is 77.6 cm³/mol. The predicted octanol–water partition coefficient (Wildman–Crippen LogP) is 2.26. The van der Waals surface area contributed by atoms with Crippen molar-refractivity contribution in [3.63, 3.8) is 0 Å². The lowest BCUT2D eigenvalue weighted by Crippen LogP contribution is -2.42. The molecule has 1 atom stereocenters. The summed E-state index contributed by atoms with van der Waals surface area (Å²) in [7, 11) is 7.05. The maximum atomic E-state index is 11.9. The van der Waals surface area contributed by atoms with Gasteiger partial charge in [-0.05, 0) is 32.2 Å². The Morgan fingerprint density at radius 3 is 2.53 bits per heavy atom. The van der Waals surface area contributed by atoms with Crippen LogP contribution in [-0.4, -0.2) is 50.0 Å². The fraction of sp³-hybridized carbons (Fsp3) is 0.500. The Bertz CT molecular complexity index is 449. The molecule has 0 aliphatic carbocycles. The van der Waals surface area contributed by atoms with Gasteiger partial charge in [-0.1, -0.05) is 11.6 Å². The van der Waals surface area contributed by atoms with Crippen LogP contribution < -0.4 is 4.74 Å². The van der Waals surface area contributed by atoms with Crippen LogP contribution in [0.3, 0.4) is 0 Å². The molecule has 1 rings (SSSR count). The van der Waals surface area contributed by atoms with Crippen LogP contribution >= 0.6 is 11.6 Å². The zero-order valence-electron chi connectivity index (χ0n) is 12.1. The zero-order valence-corrected chi connectivity index (χ0v) is 12.9. The van der Waals surface area contributed by atoms with Crippen LogP contribution in [0, 0.1) is 0 Å². The summed E-state index contributed by atoms with van der Waals surface area (Å²) in [5, 5.41) is 0.663. The molecule has 0 heterocycles. The first kappa shape index (κ1) is 15.8. The lowest BCUT2D eigenvalue weighted by molar-refractivity contribution is -0.133. The molecular weight excluding hydrogens is 264 g/mol. The summed E-state index contributed by atoms with van der Waals surface area (Å²) in [5.74, 6) is 0.851. The molecule has 0 aromatic heterocycles. The van der Waals surface area contributed by atoms with Gasteiger partial charge in [-0.2, -0.15) is 0 Å². The molecule has 1 unspecified atom stereocenters. The maximum Gasteiger partial charge on any atom is 0.239 e. The topological polar surface area (TPSA) is 32.8 Å². The number of carbonyl (C=O) groups excluding carboxylic acids is 1. The molecule has 0 aliphatic rings. The first-order valence-electron chi connectivity index (χ1n) is 6.10. The molecule has 0 spiro atoms. The van der Waals surface area contributed by atoms with Crippen LogP contribution in [0.2, 0.25) is 5.02 Å². The minimum absolute atomic E-state index is 0.0727. The number of carbonyl (C=O) groups is 1. The molecule has 1 aromatic carbocycles. The van der Waals surface area contributed by atoms with E-state index in [4.69, 9.17) is 16.3 Å². The van der Waals surface area contributed by atoms with E-state index >= 15 is 0 Å². The van der Waals surface area contributed by atoms with Crippen molar-refractivity contribution in [2.45, 2.75) is 19.5 Å². The third-order valence-electron chi connectivity index (χ3n) is 3.12. The van der Waals surface area contributed by atoms with E-state index in [1.54, 1.807) is 32.2 Å². The monoisotopic (exact) mass is 284 g/mol. The van der Waals surface area contributed by atoms with E-state index in [-0.39, 0.29) is 11.9 Å². The summed E-state index contributed by atoms with van der Waals surface area (Å²) in [5.41, 5.74) is 0.968. The second kappa shape index (κ2) is 6.78. The highest BCUT2D eigenvalue weighted by molar-refractivity contribution is 6.30. The average molecular weight is 285 g/mol. The fourth-order valence-corrected chi connectivity index (χ4v) is 2.03. The van der Waals surface area contributed by atoms with E-state index in [2.05, 4.69) is 0 Å². The van der Waals surface area contributed by atoms with E-state index in [0.717, 1.165) is 11.3 Å². The number of amides is 1. The zero-order chi connectivity index (χ0) is 14.6. The van der Waals surface area contributed by atoms with Gasteiger partial charge in [0.05, 0.1) is 13.2 Å². The molecule has 4 nitrogen and oxygen atoms in total. The van der Waals surface area contributed by atoms with Crippen molar-refractivity contribution in [1.29, 1.82) is 0 Å². The van der Waals surface area contributed by atoms with Crippen molar-refractivity contribution in [1.82, 2.24) is 9.80 Å². The highest BCUT2D eigenvalue weighted by Gasteiger charge is 2.20. The summed E-state index contributed by atoms with van der Waals surface area (Å²) in [6, 6.07) is 5.30. The molecule has 5 heteroatoms. The van der Waals surface area contributed by atoms with E-state index < -0.39 is 0 Å². The van der Waals surface area contributed by atoms with Crippen molar-refractivity contribution in [2.24, 2.45) is 0 Å². The highest BCUT2D eigenvalue weighted by atomic mass is 35.5.